The molecule has 1 atom stereocenters. The topological polar surface area (TPSA) is 70.1 Å². The number of carbonyl (C=O) groups is 2. The van der Waals surface area contributed by atoms with E-state index in [9.17, 15) is 14.8 Å². The quantitative estimate of drug-likeness (QED) is 0.647. The molecule has 3 rings (SSSR count). The summed E-state index contributed by atoms with van der Waals surface area (Å²) in [5, 5.41) is 11.2. The molecule has 0 saturated carbocycles. The minimum atomic E-state index is -0.950. The summed E-state index contributed by atoms with van der Waals surface area (Å²) in [6.07, 6.45) is 0.726. The van der Waals surface area contributed by atoms with Gasteiger partial charge in [0.1, 0.15) is 11.8 Å². The third kappa shape index (κ3) is 3.34. The van der Waals surface area contributed by atoms with Crippen LogP contribution >= 0.6 is 0 Å². The Morgan fingerprint density at radius 2 is 1.80 bits per heavy atom. The number of rotatable bonds is 6. The molecule has 0 bridgehead atoms. The molecule has 1 saturated heterocycles. The smallest absolute Gasteiger partial charge is 0.259 e. The van der Waals surface area contributed by atoms with Crippen LogP contribution in [-0.4, -0.2) is 29.7 Å². The van der Waals surface area contributed by atoms with E-state index in [1.54, 1.807) is 48.5 Å². The molecule has 0 aromatic heterocycles. The Hall–Kier alpha value is -2.86. The number of amides is 2. The molecule has 2 aromatic rings. The summed E-state index contributed by atoms with van der Waals surface area (Å²) in [6, 6.07) is 14.7. The van der Waals surface area contributed by atoms with Crippen molar-refractivity contribution in [2.45, 2.75) is 25.8 Å². The number of hydrogen-bond donors (Lipinski definition) is 1. The van der Waals surface area contributed by atoms with Crippen LogP contribution in [0.3, 0.4) is 0 Å². The molecular weight excluding hydrogens is 320 g/mol. The van der Waals surface area contributed by atoms with Crippen molar-refractivity contribution in [2.24, 2.45) is 0 Å². The lowest BCUT2D eigenvalue weighted by atomic mass is 10.2. The molecule has 0 spiro atoms. The highest BCUT2D eigenvalue weighted by Crippen LogP contribution is 2.34. The fraction of sp³-hybridized carbons (Fsp3) is 0.263. The van der Waals surface area contributed by atoms with Gasteiger partial charge in [0, 0.05) is 0 Å². The molecule has 1 N–H and O–H groups in total. The van der Waals surface area contributed by atoms with Gasteiger partial charge in [-0.3, -0.25) is 14.8 Å². The zero-order valence-electron chi connectivity index (χ0n) is 14.0. The Kier molecular flexibility index (Phi) is 5.00. The summed E-state index contributed by atoms with van der Waals surface area (Å²) in [6.45, 7) is 2.47. The number of para-hydroxylation sites is 3. The maximum absolute atomic E-state index is 12.8. The van der Waals surface area contributed by atoms with E-state index in [1.807, 2.05) is 13.0 Å². The zero-order valence-corrected chi connectivity index (χ0v) is 14.0. The van der Waals surface area contributed by atoms with Gasteiger partial charge < -0.3 is 4.74 Å². The molecule has 1 aliphatic heterocycles. The monoisotopic (exact) mass is 340 g/mol. The number of carbonyl (C=O) groups excluding carboxylic acids is 2. The van der Waals surface area contributed by atoms with Crippen LogP contribution < -0.4 is 14.7 Å². The molecular formula is C19H20N2O4. The first-order valence-electron chi connectivity index (χ1n) is 8.25. The van der Waals surface area contributed by atoms with Crippen molar-refractivity contribution in [3.05, 3.63) is 54.6 Å². The predicted octanol–water partition coefficient (Wildman–Crippen LogP) is 3.00. The van der Waals surface area contributed by atoms with Crippen LogP contribution in [0.5, 0.6) is 5.75 Å². The van der Waals surface area contributed by atoms with Crippen molar-refractivity contribution in [1.29, 1.82) is 0 Å². The number of ether oxygens (including phenoxy) is 1. The van der Waals surface area contributed by atoms with Crippen molar-refractivity contribution >= 4 is 23.2 Å². The van der Waals surface area contributed by atoms with E-state index in [-0.39, 0.29) is 12.3 Å². The third-order valence-electron chi connectivity index (χ3n) is 4.01. The molecule has 0 unspecified atom stereocenters. The second kappa shape index (κ2) is 7.36. The van der Waals surface area contributed by atoms with Crippen LogP contribution in [0.25, 0.3) is 0 Å². The molecule has 130 valence electrons. The second-order valence-corrected chi connectivity index (χ2v) is 5.78. The largest absolute Gasteiger partial charge is 0.491 e. The zero-order chi connectivity index (χ0) is 17.8. The Labute approximate surface area is 146 Å². The van der Waals surface area contributed by atoms with E-state index in [2.05, 4.69) is 0 Å². The second-order valence-electron chi connectivity index (χ2n) is 5.78. The number of benzene rings is 2. The lowest BCUT2D eigenvalue weighted by molar-refractivity contribution is -0.121. The van der Waals surface area contributed by atoms with Crippen LogP contribution in [-0.2, 0) is 9.59 Å². The van der Waals surface area contributed by atoms with E-state index in [4.69, 9.17) is 4.74 Å². The third-order valence-corrected chi connectivity index (χ3v) is 4.01. The highest BCUT2D eigenvalue weighted by atomic mass is 16.5. The van der Waals surface area contributed by atoms with E-state index in [1.165, 1.54) is 0 Å². The summed E-state index contributed by atoms with van der Waals surface area (Å²) in [5.41, 5.74) is 0.876. The van der Waals surface area contributed by atoms with Crippen LogP contribution in [0.1, 0.15) is 19.8 Å². The Bertz CT molecular complexity index is 763. The fourth-order valence-electron chi connectivity index (χ4n) is 2.80. The molecule has 1 aliphatic rings. The van der Waals surface area contributed by atoms with Gasteiger partial charge in [0.15, 0.2) is 0 Å². The first-order valence-corrected chi connectivity index (χ1v) is 8.25. The number of imide groups is 1. The van der Waals surface area contributed by atoms with Crippen molar-refractivity contribution in [1.82, 2.24) is 0 Å². The van der Waals surface area contributed by atoms with Gasteiger partial charge in [-0.15, -0.1) is 0 Å². The average molecular weight is 340 g/mol. The number of hydrogen-bond acceptors (Lipinski definition) is 5. The van der Waals surface area contributed by atoms with Crippen molar-refractivity contribution in [3.8, 4) is 5.75 Å². The van der Waals surface area contributed by atoms with Gasteiger partial charge in [0.2, 0.25) is 5.91 Å². The van der Waals surface area contributed by atoms with E-state index in [0.29, 0.717) is 23.7 Å². The summed E-state index contributed by atoms with van der Waals surface area (Å²) in [4.78, 5) is 26.4. The molecule has 2 aromatic carbocycles. The standard InChI is InChI=1S/C19H20N2O4/c1-2-12-25-17-11-7-6-10-15(17)20-18(22)13-16(19(20)23)21(24)14-8-4-3-5-9-14/h3-11,16,24H,2,12-13H2,1H3/t16-/m1/s1. The molecule has 0 aliphatic carbocycles. The summed E-state index contributed by atoms with van der Waals surface area (Å²) in [5.74, 6) is -0.350. The van der Waals surface area contributed by atoms with Gasteiger partial charge in [0.05, 0.1) is 24.4 Å². The molecule has 0 radical (unpaired) electrons. The number of hydroxylamine groups is 1. The van der Waals surface area contributed by atoms with Crippen molar-refractivity contribution in [2.75, 3.05) is 16.6 Å². The number of nitrogens with zero attached hydrogens (tertiary/aromatic N) is 2. The molecule has 6 heteroatoms. The summed E-state index contributed by atoms with van der Waals surface area (Å²) >= 11 is 0. The molecule has 2 amide bonds. The van der Waals surface area contributed by atoms with Gasteiger partial charge in [-0.05, 0) is 30.7 Å². The van der Waals surface area contributed by atoms with Crippen LogP contribution in [0.15, 0.2) is 54.6 Å². The summed E-state index contributed by atoms with van der Waals surface area (Å²) in [7, 11) is 0. The Morgan fingerprint density at radius 1 is 1.12 bits per heavy atom. The minimum absolute atomic E-state index is 0.0909. The van der Waals surface area contributed by atoms with E-state index >= 15 is 0 Å². The van der Waals surface area contributed by atoms with Crippen LogP contribution in [0.4, 0.5) is 11.4 Å². The fourth-order valence-corrected chi connectivity index (χ4v) is 2.80. The SMILES string of the molecule is CCCOc1ccccc1N1C(=O)C[C@@H](N(O)c2ccccc2)C1=O. The Balaban J connectivity index is 1.87. The molecule has 1 fully saturated rings. The van der Waals surface area contributed by atoms with Gasteiger partial charge in [-0.1, -0.05) is 37.3 Å². The predicted molar refractivity (Wildman–Crippen MR) is 93.8 cm³/mol. The van der Waals surface area contributed by atoms with Crippen molar-refractivity contribution in [3.63, 3.8) is 0 Å². The van der Waals surface area contributed by atoms with Gasteiger partial charge in [-0.25, -0.2) is 9.96 Å². The lowest BCUT2D eigenvalue weighted by Crippen LogP contribution is -2.40. The highest BCUT2D eigenvalue weighted by Gasteiger charge is 2.44. The van der Waals surface area contributed by atoms with Crippen molar-refractivity contribution < 1.29 is 19.5 Å². The first kappa shape index (κ1) is 17.0. The van der Waals surface area contributed by atoms with Crippen LogP contribution in [0, 0.1) is 0 Å². The van der Waals surface area contributed by atoms with Gasteiger partial charge >= 0.3 is 0 Å². The maximum atomic E-state index is 12.8. The van der Waals surface area contributed by atoms with Crippen LogP contribution in [0.2, 0.25) is 0 Å². The molecule has 1 heterocycles. The number of anilines is 2. The van der Waals surface area contributed by atoms with E-state index < -0.39 is 11.9 Å². The highest BCUT2D eigenvalue weighted by molar-refractivity contribution is 6.23. The minimum Gasteiger partial charge on any atom is -0.491 e. The normalized spacial score (nSPS) is 17.0. The summed E-state index contributed by atoms with van der Waals surface area (Å²) < 4.78 is 5.65. The first-order chi connectivity index (χ1) is 12.1. The molecule has 6 nitrogen and oxygen atoms in total. The Morgan fingerprint density at radius 3 is 2.52 bits per heavy atom. The van der Waals surface area contributed by atoms with Gasteiger partial charge in [-0.2, -0.15) is 0 Å². The van der Waals surface area contributed by atoms with E-state index in [0.717, 1.165) is 16.4 Å². The van der Waals surface area contributed by atoms with Gasteiger partial charge in [0.25, 0.3) is 5.91 Å². The molecule has 25 heavy (non-hydrogen) atoms. The average Bonchev–Trinajstić information content (AvgIpc) is 2.94. The lowest BCUT2D eigenvalue weighted by Gasteiger charge is -2.23. The maximum Gasteiger partial charge on any atom is 0.259 e.